The molecule has 0 spiro atoms. The molecule has 1 N–H and O–H groups in total. The van der Waals surface area contributed by atoms with Crippen molar-refractivity contribution in [2.24, 2.45) is 5.92 Å². The second-order valence-electron chi connectivity index (χ2n) is 5.77. The van der Waals surface area contributed by atoms with Crippen LogP contribution in [0.4, 0.5) is 4.39 Å². The molecule has 0 bridgehead atoms. The van der Waals surface area contributed by atoms with Gasteiger partial charge in [0.05, 0.1) is 14.6 Å². The lowest BCUT2D eigenvalue weighted by molar-refractivity contribution is 0.338. The van der Waals surface area contributed by atoms with Gasteiger partial charge in [0.1, 0.15) is 5.82 Å². The Hall–Kier alpha value is -0.430. The van der Waals surface area contributed by atoms with E-state index in [9.17, 15) is 4.39 Å². The van der Waals surface area contributed by atoms with E-state index in [1.165, 1.54) is 25.7 Å². The smallest absolute Gasteiger partial charge is 0.178 e. The minimum atomic E-state index is -0.165. The van der Waals surface area contributed by atoms with Crippen LogP contribution < -0.4 is 0 Å². The lowest BCUT2D eigenvalue weighted by Gasteiger charge is -2.23. The second kappa shape index (κ2) is 5.75. The first-order valence-corrected chi connectivity index (χ1v) is 8.66. The predicted molar refractivity (Wildman–Crippen MR) is 91.1 cm³/mol. The average Bonchev–Trinajstić information content (AvgIpc) is 2.58. The molecule has 0 saturated heterocycles. The number of hydrogen-bond donors (Lipinski definition) is 1. The number of aromatic nitrogens is 2. The van der Waals surface area contributed by atoms with Crippen LogP contribution in [-0.4, -0.2) is 9.55 Å². The number of nitrogens with one attached hydrogen (secondary N) is 1. The third kappa shape index (κ3) is 2.54. The van der Waals surface area contributed by atoms with Crippen molar-refractivity contribution in [3.63, 3.8) is 0 Å². The highest BCUT2D eigenvalue weighted by Gasteiger charge is 2.24. The molecule has 3 rings (SSSR count). The summed E-state index contributed by atoms with van der Waals surface area (Å²) in [6, 6.07) is 3.86. The maximum atomic E-state index is 13.9. The Labute approximate surface area is 136 Å². The number of H-pyrrole nitrogens is 1. The first-order valence-electron chi connectivity index (χ1n) is 7.17. The van der Waals surface area contributed by atoms with Crippen LogP contribution in [0.2, 0.25) is 0 Å². The van der Waals surface area contributed by atoms with Crippen LogP contribution in [0.1, 0.15) is 45.1 Å². The summed E-state index contributed by atoms with van der Waals surface area (Å²) < 4.78 is 17.4. The third-order valence-corrected chi connectivity index (χ3v) is 5.53. The summed E-state index contributed by atoms with van der Waals surface area (Å²) in [6.07, 6.45) is 6.18. The standard InChI is InChI=1S/C15H18FIN2S/c1-9-5-3-2-4-6-13(9)19-14-7-10(16)11(17)8-12(14)18-15(19)20/h7-9,13H,2-6H2,1H3,(H,18,20). The van der Waals surface area contributed by atoms with Gasteiger partial charge in [0, 0.05) is 12.1 Å². The molecule has 0 amide bonds. The number of hydrogen-bond acceptors (Lipinski definition) is 1. The molecular weight excluding hydrogens is 386 g/mol. The number of nitrogens with zero attached hydrogens (tertiary/aromatic N) is 1. The van der Waals surface area contributed by atoms with Crippen molar-refractivity contribution in [3.8, 4) is 0 Å². The molecule has 2 aromatic rings. The van der Waals surface area contributed by atoms with Gasteiger partial charge < -0.3 is 9.55 Å². The van der Waals surface area contributed by atoms with E-state index in [4.69, 9.17) is 12.2 Å². The summed E-state index contributed by atoms with van der Waals surface area (Å²) in [7, 11) is 0. The van der Waals surface area contributed by atoms with Crippen molar-refractivity contribution in [1.29, 1.82) is 0 Å². The van der Waals surface area contributed by atoms with E-state index in [2.05, 4.69) is 16.5 Å². The third-order valence-electron chi connectivity index (χ3n) is 4.41. The van der Waals surface area contributed by atoms with Gasteiger partial charge in [-0.3, -0.25) is 0 Å². The van der Waals surface area contributed by atoms with E-state index in [-0.39, 0.29) is 5.82 Å². The van der Waals surface area contributed by atoms with Crippen LogP contribution in [0.15, 0.2) is 12.1 Å². The quantitative estimate of drug-likeness (QED) is 0.374. The van der Waals surface area contributed by atoms with Crippen molar-refractivity contribution >= 4 is 45.8 Å². The Morgan fingerprint density at radius 3 is 2.85 bits per heavy atom. The topological polar surface area (TPSA) is 20.7 Å². The molecule has 20 heavy (non-hydrogen) atoms. The van der Waals surface area contributed by atoms with E-state index < -0.39 is 0 Å². The Bertz CT molecular complexity index is 691. The second-order valence-corrected chi connectivity index (χ2v) is 7.32. The molecule has 1 aromatic heterocycles. The molecule has 0 aliphatic heterocycles. The molecule has 1 heterocycles. The summed E-state index contributed by atoms with van der Waals surface area (Å²) in [5.74, 6) is 0.424. The van der Waals surface area contributed by atoms with Crippen molar-refractivity contribution in [2.45, 2.75) is 45.1 Å². The molecule has 1 aliphatic carbocycles. The molecule has 1 saturated carbocycles. The number of fused-ring (bicyclic) bond motifs is 1. The van der Waals surface area contributed by atoms with Crippen LogP contribution in [-0.2, 0) is 0 Å². The summed E-state index contributed by atoms with van der Waals surface area (Å²) in [5.41, 5.74) is 1.85. The molecule has 108 valence electrons. The van der Waals surface area contributed by atoms with Crippen molar-refractivity contribution in [3.05, 3.63) is 26.3 Å². The molecule has 1 fully saturated rings. The number of benzene rings is 1. The van der Waals surface area contributed by atoms with Crippen LogP contribution in [0, 0.1) is 20.1 Å². The highest BCUT2D eigenvalue weighted by molar-refractivity contribution is 14.1. The minimum Gasteiger partial charge on any atom is -0.331 e. The van der Waals surface area contributed by atoms with Crippen LogP contribution in [0.25, 0.3) is 11.0 Å². The fraction of sp³-hybridized carbons (Fsp3) is 0.533. The summed E-state index contributed by atoms with van der Waals surface area (Å²) in [4.78, 5) is 3.24. The monoisotopic (exact) mass is 404 g/mol. The van der Waals surface area contributed by atoms with Crippen LogP contribution in [0.3, 0.4) is 0 Å². The maximum Gasteiger partial charge on any atom is 0.178 e. The van der Waals surface area contributed by atoms with E-state index in [1.54, 1.807) is 6.07 Å². The Morgan fingerprint density at radius 1 is 1.30 bits per heavy atom. The Kier molecular flexibility index (Phi) is 4.17. The van der Waals surface area contributed by atoms with Gasteiger partial charge in [0.15, 0.2) is 4.77 Å². The van der Waals surface area contributed by atoms with Gasteiger partial charge in [0.2, 0.25) is 0 Å². The van der Waals surface area contributed by atoms with E-state index >= 15 is 0 Å². The molecule has 2 unspecified atom stereocenters. The molecule has 0 radical (unpaired) electrons. The van der Waals surface area contributed by atoms with E-state index in [1.807, 2.05) is 28.7 Å². The molecule has 1 aromatic carbocycles. The van der Waals surface area contributed by atoms with Gasteiger partial charge in [-0.05, 0) is 59.6 Å². The summed E-state index contributed by atoms with van der Waals surface area (Å²) >= 11 is 7.52. The SMILES string of the molecule is CC1CCCCCC1n1c(=S)[nH]c2cc(I)c(F)cc21. The first kappa shape index (κ1) is 14.5. The average molecular weight is 404 g/mol. The highest BCUT2D eigenvalue weighted by Crippen LogP contribution is 2.35. The van der Waals surface area contributed by atoms with Gasteiger partial charge in [-0.25, -0.2) is 4.39 Å². The minimum absolute atomic E-state index is 0.165. The number of aromatic amines is 1. The fourth-order valence-electron chi connectivity index (χ4n) is 3.31. The summed E-state index contributed by atoms with van der Waals surface area (Å²) in [6.45, 7) is 2.29. The Morgan fingerprint density at radius 2 is 2.05 bits per heavy atom. The van der Waals surface area contributed by atoms with Crippen LogP contribution in [0.5, 0.6) is 0 Å². The fourth-order valence-corrected chi connectivity index (χ4v) is 4.12. The number of rotatable bonds is 1. The summed E-state index contributed by atoms with van der Waals surface area (Å²) in [5, 5.41) is 0. The Balaban J connectivity index is 2.17. The zero-order valence-electron chi connectivity index (χ0n) is 11.5. The van der Waals surface area contributed by atoms with E-state index in [0.717, 1.165) is 22.2 Å². The van der Waals surface area contributed by atoms with Gasteiger partial charge in [0.25, 0.3) is 0 Å². The first-order chi connectivity index (χ1) is 9.58. The zero-order valence-corrected chi connectivity index (χ0v) is 14.4. The molecule has 1 aliphatic rings. The zero-order chi connectivity index (χ0) is 14.3. The number of imidazole rings is 1. The highest BCUT2D eigenvalue weighted by atomic mass is 127. The van der Waals surface area contributed by atoms with Crippen molar-refractivity contribution < 1.29 is 4.39 Å². The molecule has 2 atom stereocenters. The van der Waals surface area contributed by atoms with E-state index in [0.29, 0.717) is 15.5 Å². The lowest BCUT2D eigenvalue weighted by atomic mass is 9.96. The largest absolute Gasteiger partial charge is 0.331 e. The van der Waals surface area contributed by atoms with Gasteiger partial charge in [-0.15, -0.1) is 0 Å². The van der Waals surface area contributed by atoms with Gasteiger partial charge >= 0.3 is 0 Å². The number of halogens is 2. The lowest BCUT2D eigenvalue weighted by Crippen LogP contribution is -2.16. The predicted octanol–water partition coefficient (Wildman–Crippen LogP) is 5.58. The molecular formula is C15H18FIN2S. The van der Waals surface area contributed by atoms with Crippen molar-refractivity contribution in [2.75, 3.05) is 0 Å². The van der Waals surface area contributed by atoms with Crippen LogP contribution >= 0.6 is 34.8 Å². The molecule has 2 nitrogen and oxygen atoms in total. The maximum absolute atomic E-state index is 13.9. The van der Waals surface area contributed by atoms with Gasteiger partial charge in [-0.2, -0.15) is 0 Å². The van der Waals surface area contributed by atoms with Crippen molar-refractivity contribution in [1.82, 2.24) is 9.55 Å². The van der Waals surface area contributed by atoms with Gasteiger partial charge in [-0.1, -0.05) is 26.2 Å². The normalized spacial score (nSPS) is 23.9. The molecule has 5 heteroatoms.